The van der Waals surface area contributed by atoms with Crippen molar-refractivity contribution in [3.63, 3.8) is 0 Å². The molecule has 0 aliphatic rings. The Morgan fingerprint density at radius 1 is 1.41 bits per heavy atom. The molecule has 0 saturated carbocycles. The Balaban J connectivity index is 3.56. The number of hydrogen-bond donors (Lipinski definition) is 0. The number of halogens is 5. The molecule has 8 heteroatoms. The van der Waals surface area contributed by atoms with Crippen LogP contribution < -0.4 is 4.74 Å². The summed E-state index contributed by atoms with van der Waals surface area (Å²) < 4.78 is 66.6. The van der Waals surface area contributed by atoms with Crippen molar-refractivity contribution >= 4 is 0 Å². The summed E-state index contributed by atoms with van der Waals surface area (Å²) in [6, 6.07) is 1.24. The molecule has 92 valence electrons. The fourth-order valence-electron chi connectivity index (χ4n) is 1.20. The maximum Gasteiger partial charge on any atom is 0.421 e. The summed E-state index contributed by atoms with van der Waals surface area (Å²) in [5, 5.41) is 8.60. The predicted molar refractivity (Wildman–Crippen MR) is 45.5 cm³/mol. The van der Waals surface area contributed by atoms with Crippen molar-refractivity contribution in [1.82, 2.24) is 4.98 Å². The third-order valence-corrected chi connectivity index (χ3v) is 1.89. The van der Waals surface area contributed by atoms with Gasteiger partial charge in [-0.15, -0.1) is 0 Å². The van der Waals surface area contributed by atoms with Crippen molar-refractivity contribution in [2.75, 3.05) is 7.11 Å². The number of nitriles is 1. The van der Waals surface area contributed by atoms with Gasteiger partial charge in [-0.2, -0.15) is 18.4 Å². The van der Waals surface area contributed by atoms with Crippen molar-refractivity contribution in [1.29, 1.82) is 5.26 Å². The van der Waals surface area contributed by atoms with E-state index in [1.807, 2.05) is 0 Å². The van der Waals surface area contributed by atoms with E-state index in [1.165, 1.54) is 6.07 Å². The molecule has 1 rings (SSSR count). The van der Waals surface area contributed by atoms with Crippen LogP contribution in [0.5, 0.6) is 5.75 Å². The normalized spacial score (nSPS) is 11.4. The van der Waals surface area contributed by atoms with Gasteiger partial charge >= 0.3 is 6.18 Å². The molecule has 0 saturated heterocycles. The van der Waals surface area contributed by atoms with Gasteiger partial charge in [-0.1, -0.05) is 0 Å². The number of ether oxygens (including phenoxy) is 1. The molecule has 1 aromatic heterocycles. The molecule has 0 aliphatic carbocycles. The zero-order valence-electron chi connectivity index (χ0n) is 8.35. The van der Waals surface area contributed by atoms with E-state index in [1.54, 1.807) is 0 Å². The smallest absolute Gasteiger partial charge is 0.421 e. The monoisotopic (exact) mass is 252 g/mol. The van der Waals surface area contributed by atoms with Crippen LogP contribution in [0.4, 0.5) is 22.0 Å². The average Bonchev–Trinajstić information content (AvgIpc) is 2.25. The summed E-state index contributed by atoms with van der Waals surface area (Å²) in [6.07, 6.45) is -7.76. The summed E-state index contributed by atoms with van der Waals surface area (Å²) >= 11 is 0. The quantitative estimate of drug-likeness (QED) is 0.760. The molecule has 0 radical (unpaired) electrons. The van der Waals surface area contributed by atoms with E-state index in [2.05, 4.69) is 9.72 Å². The van der Waals surface area contributed by atoms with Gasteiger partial charge in [0.1, 0.15) is 22.9 Å². The first-order valence-corrected chi connectivity index (χ1v) is 4.15. The molecule has 1 heterocycles. The highest BCUT2D eigenvalue weighted by molar-refractivity contribution is 5.51. The summed E-state index contributed by atoms with van der Waals surface area (Å²) in [7, 11) is 0.862. The number of alkyl halides is 5. The topological polar surface area (TPSA) is 45.9 Å². The van der Waals surface area contributed by atoms with Crippen LogP contribution in [0.1, 0.15) is 23.2 Å². The Bertz CT molecular complexity index is 464. The Morgan fingerprint density at radius 2 is 2.00 bits per heavy atom. The predicted octanol–water partition coefficient (Wildman–Crippen LogP) is 2.92. The molecular weight excluding hydrogens is 247 g/mol. The van der Waals surface area contributed by atoms with E-state index < -0.39 is 35.2 Å². The molecule has 0 aromatic carbocycles. The molecule has 0 bridgehead atoms. The number of methoxy groups -OCH3 is 1. The Kier molecular flexibility index (Phi) is 3.50. The second-order valence-electron chi connectivity index (χ2n) is 2.88. The van der Waals surface area contributed by atoms with Crippen molar-refractivity contribution < 1.29 is 26.7 Å². The van der Waals surface area contributed by atoms with Gasteiger partial charge in [-0.3, -0.25) is 4.98 Å². The van der Waals surface area contributed by atoms with E-state index in [4.69, 9.17) is 5.26 Å². The molecule has 3 nitrogen and oxygen atoms in total. The van der Waals surface area contributed by atoms with Gasteiger partial charge in [-0.05, 0) is 0 Å². The maximum atomic E-state index is 12.5. The van der Waals surface area contributed by atoms with E-state index >= 15 is 0 Å². The van der Waals surface area contributed by atoms with Gasteiger partial charge in [0.15, 0.2) is 5.75 Å². The van der Waals surface area contributed by atoms with E-state index in [0.29, 0.717) is 0 Å². The van der Waals surface area contributed by atoms with Crippen LogP contribution in [0, 0.1) is 11.3 Å². The van der Waals surface area contributed by atoms with Gasteiger partial charge < -0.3 is 4.74 Å². The number of hydrogen-bond acceptors (Lipinski definition) is 3. The number of aromatic nitrogens is 1. The SMILES string of the molecule is COc1c(C(F)(F)F)cnc(C(F)F)c1C#N. The maximum absolute atomic E-state index is 12.5. The van der Waals surface area contributed by atoms with Gasteiger partial charge in [0.2, 0.25) is 0 Å². The molecule has 0 aliphatic heterocycles. The minimum absolute atomic E-state index is 0.223. The minimum Gasteiger partial charge on any atom is -0.495 e. The molecule has 0 spiro atoms. The van der Waals surface area contributed by atoms with Crippen LogP contribution >= 0.6 is 0 Å². The molecule has 0 fully saturated rings. The summed E-state index contributed by atoms with van der Waals surface area (Å²) in [6.45, 7) is 0. The fraction of sp³-hybridized carbons (Fsp3) is 0.333. The molecule has 0 N–H and O–H groups in total. The summed E-state index contributed by atoms with van der Waals surface area (Å²) in [4.78, 5) is 2.95. The highest BCUT2D eigenvalue weighted by Crippen LogP contribution is 2.39. The average molecular weight is 252 g/mol. The molecule has 0 unspecified atom stereocenters. The van der Waals surface area contributed by atoms with Crippen LogP contribution in [0.15, 0.2) is 6.20 Å². The van der Waals surface area contributed by atoms with Gasteiger partial charge in [-0.25, -0.2) is 8.78 Å². The van der Waals surface area contributed by atoms with E-state index in [9.17, 15) is 22.0 Å². The first-order valence-electron chi connectivity index (χ1n) is 4.15. The Hall–Kier alpha value is -1.91. The second-order valence-corrected chi connectivity index (χ2v) is 2.88. The molecule has 17 heavy (non-hydrogen) atoms. The van der Waals surface area contributed by atoms with Crippen LogP contribution in [0.25, 0.3) is 0 Å². The standard InChI is InChI=1S/C9H5F5N2O/c1-17-7-4(2-15)6(8(10)11)16-3-5(7)9(12,13)14/h3,8H,1H3. The van der Waals surface area contributed by atoms with Gasteiger partial charge in [0.05, 0.1) is 7.11 Å². The molecule has 0 amide bonds. The lowest BCUT2D eigenvalue weighted by Gasteiger charge is -2.14. The number of rotatable bonds is 2. The van der Waals surface area contributed by atoms with Crippen LogP contribution in [-0.4, -0.2) is 12.1 Å². The first-order chi connectivity index (χ1) is 7.82. The lowest BCUT2D eigenvalue weighted by Crippen LogP contribution is -2.11. The highest BCUT2D eigenvalue weighted by Gasteiger charge is 2.37. The third kappa shape index (κ3) is 2.43. The fourth-order valence-corrected chi connectivity index (χ4v) is 1.20. The van der Waals surface area contributed by atoms with Crippen molar-refractivity contribution in [3.8, 4) is 11.8 Å². The van der Waals surface area contributed by atoms with Crippen molar-refractivity contribution in [2.24, 2.45) is 0 Å². The lowest BCUT2D eigenvalue weighted by atomic mass is 10.1. The lowest BCUT2D eigenvalue weighted by molar-refractivity contribution is -0.139. The number of pyridine rings is 1. The van der Waals surface area contributed by atoms with Crippen molar-refractivity contribution in [3.05, 3.63) is 23.0 Å². The summed E-state index contributed by atoms with van der Waals surface area (Å²) in [5.41, 5.74) is -3.30. The minimum atomic E-state index is -4.83. The zero-order valence-corrected chi connectivity index (χ0v) is 8.35. The van der Waals surface area contributed by atoms with Gasteiger partial charge in [0.25, 0.3) is 6.43 Å². The first kappa shape index (κ1) is 13.2. The zero-order chi connectivity index (χ0) is 13.2. The largest absolute Gasteiger partial charge is 0.495 e. The van der Waals surface area contributed by atoms with Crippen LogP contribution in [0.3, 0.4) is 0 Å². The van der Waals surface area contributed by atoms with Crippen molar-refractivity contribution in [2.45, 2.75) is 12.6 Å². The second kappa shape index (κ2) is 4.53. The molecule has 0 atom stereocenters. The highest BCUT2D eigenvalue weighted by atomic mass is 19.4. The Morgan fingerprint density at radius 3 is 2.35 bits per heavy atom. The van der Waals surface area contributed by atoms with E-state index in [0.717, 1.165) is 7.11 Å². The number of nitrogens with zero attached hydrogens (tertiary/aromatic N) is 2. The Labute approximate surface area is 92.4 Å². The van der Waals surface area contributed by atoms with E-state index in [-0.39, 0.29) is 6.20 Å². The van der Waals surface area contributed by atoms with Gasteiger partial charge in [0, 0.05) is 6.20 Å². The van der Waals surface area contributed by atoms with Crippen LogP contribution in [-0.2, 0) is 6.18 Å². The molecular formula is C9H5F5N2O. The molecule has 1 aromatic rings. The summed E-state index contributed by atoms with van der Waals surface area (Å²) in [5.74, 6) is -0.940. The van der Waals surface area contributed by atoms with Crippen LogP contribution in [0.2, 0.25) is 0 Å². The third-order valence-electron chi connectivity index (χ3n) is 1.89.